The standard InChI is InChI=1S/C24H49NO3S/c1-3-4-5-6-7-8-9-10-11-12-13-16-19-24(29(26,27)28)20-23-25(2)21-17-14-15-18-22-25/h24H,3-23H2,1-2H3/p+1. The number of nitrogens with zero attached hydrogens (tertiary/aromatic N) is 1. The average Bonchev–Trinajstić information content (AvgIpc) is 2.88. The average molecular weight is 433 g/mol. The zero-order chi connectivity index (χ0) is 21.4. The van der Waals surface area contributed by atoms with E-state index in [9.17, 15) is 13.0 Å². The Hall–Kier alpha value is -0.130. The Morgan fingerprint density at radius 1 is 0.724 bits per heavy atom. The van der Waals surface area contributed by atoms with Crippen molar-refractivity contribution in [2.24, 2.45) is 0 Å². The van der Waals surface area contributed by atoms with E-state index in [2.05, 4.69) is 14.0 Å². The van der Waals surface area contributed by atoms with E-state index in [1.54, 1.807) is 0 Å². The van der Waals surface area contributed by atoms with Crippen LogP contribution in [0.5, 0.6) is 0 Å². The van der Waals surface area contributed by atoms with Gasteiger partial charge < -0.3 is 4.48 Å². The molecule has 1 aliphatic heterocycles. The maximum absolute atomic E-state index is 11.9. The quantitative estimate of drug-likeness (QED) is 0.157. The van der Waals surface area contributed by atoms with E-state index < -0.39 is 15.4 Å². The van der Waals surface area contributed by atoms with E-state index in [0.29, 0.717) is 12.8 Å². The van der Waals surface area contributed by atoms with Crippen LogP contribution in [-0.4, -0.2) is 49.4 Å². The van der Waals surface area contributed by atoms with Crippen molar-refractivity contribution in [3.8, 4) is 0 Å². The maximum atomic E-state index is 11.9. The van der Waals surface area contributed by atoms with Gasteiger partial charge in [0.1, 0.15) is 0 Å². The molecule has 29 heavy (non-hydrogen) atoms. The third kappa shape index (κ3) is 13.7. The van der Waals surface area contributed by atoms with Gasteiger partial charge in [-0.15, -0.1) is 0 Å². The Kier molecular flexibility index (Phi) is 14.5. The summed E-state index contributed by atoms with van der Waals surface area (Å²) in [5.41, 5.74) is 0. The van der Waals surface area contributed by atoms with Crippen molar-refractivity contribution in [1.82, 2.24) is 0 Å². The molecule has 1 fully saturated rings. The van der Waals surface area contributed by atoms with Crippen LogP contribution < -0.4 is 0 Å². The largest absolute Gasteiger partial charge is 0.326 e. The van der Waals surface area contributed by atoms with E-state index in [1.165, 1.54) is 89.9 Å². The topological polar surface area (TPSA) is 54.4 Å². The molecule has 1 saturated heterocycles. The molecule has 1 heterocycles. The molecule has 0 radical (unpaired) electrons. The molecule has 1 atom stereocenters. The molecule has 0 bridgehead atoms. The highest BCUT2D eigenvalue weighted by Gasteiger charge is 2.29. The zero-order valence-electron chi connectivity index (χ0n) is 19.5. The van der Waals surface area contributed by atoms with Crippen molar-refractivity contribution in [3.05, 3.63) is 0 Å². The lowest BCUT2D eigenvalue weighted by Crippen LogP contribution is -2.46. The molecule has 0 aromatic heterocycles. The molecule has 174 valence electrons. The lowest BCUT2D eigenvalue weighted by atomic mass is 10.0. The van der Waals surface area contributed by atoms with Gasteiger partial charge in [-0.1, -0.05) is 84.0 Å². The Morgan fingerprint density at radius 2 is 1.17 bits per heavy atom. The van der Waals surface area contributed by atoms with Gasteiger partial charge in [-0.2, -0.15) is 8.42 Å². The summed E-state index contributed by atoms with van der Waals surface area (Å²) < 4.78 is 34.4. The van der Waals surface area contributed by atoms with Gasteiger partial charge in [0.2, 0.25) is 0 Å². The van der Waals surface area contributed by atoms with Crippen LogP contribution in [0.1, 0.15) is 122 Å². The van der Waals surface area contributed by atoms with E-state index in [1.807, 2.05) is 0 Å². The summed E-state index contributed by atoms with van der Waals surface area (Å²) in [4.78, 5) is 0. The van der Waals surface area contributed by atoms with Gasteiger partial charge >= 0.3 is 0 Å². The molecular weight excluding hydrogens is 382 g/mol. The molecule has 1 unspecified atom stereocenters. The molecule has 0 spiro atoms. The first-order valence-corrected chi connectivity index (χ1v) is 14.2. The van der Waals surface area contributed by atoms with Crippen molar-refractivity contribution in [2.45, 2.75) is 128 Å². The summed E-state index contributed by atoms with van der Waals surface area (Å²) in [6.07, 6.45) is 21.7. The Labute approximate surface area is 182 Å². The summed E-state index contributed by atoms with van der Waals surface area (Å²) in [5, 5.41) is -0.566. The Balaban J connectivity index is 2.13. The fraction of sp³-hybridized carbons (Fsp3) is 1.00. The smallest absolute Gasteiger partial charge is 0.267 e. The zero-order valence-corrected chi connectivity index (χ0v) is 20.4. The van der Waals surface area contributed by atoms with E-state index in [4.69, 9.17) is 0 Å². The lowest BCUT2D eigenvalue weighted by Gasteiger charge is -2.34. The van der Waals surface area contributed by atoms with Crippen LogP contribution in [0.2, 0.25) is 0 Å². The minimum Gasteiger partial charge on any atom is -0.326 e. The third-order valence-corrected chi connectivity index (χ3v) is 8.25. The molecule has 5 heteroatoms. The summed E-state index contributed by atoms with van der Waals surface area (Å²) >= 11 is 0. The van der Waals surface area contributed by atoms with Crippen LogP contribution in [0.25, 0.3) is 0 Å². The number of likely N-dealkylation sites (tertiary alicyclic amines) is 1. The van der Waals surface area contributed by atoms with Crippen molar-refractivity contribution in [1.29, 1.82) is 0 Å². The normalized spacial score (nSPS) is 18.4. The first-order valence-electron chi connectivity index (χ1n) is 12.7. The van der Waals surface area contributed by atoms with Gasteiger partial charge in [-0.3, -0.25) is 4.55 Å². The van der Waals surface area contributed by atoms with Crippen molar-refractivity contribution < 1.29 is 17.5 Å². The lowest BCUT2D eigenvalue weighted by molar-refractivity contribution is -0.909. The minimum absolute atomic E-state index is 0.566. The SMILES string of the molecule is CCCCCCCCCCCCCCC(CC[N+]1(C)CCCCCC1)S(=O)(=O)O. The summed E-state index contributed by atoms with van der Waals surface area (Å²) in [6, 6.07) is 0. The third-order valence-electron chi connectivity index (χ3n) is 6.94. The maximum Gasteiger partial charge on any atom is 0.267 e. The fourth-order valence-electron chi connectivity index (χ4n) is 4.79. The monoisotopic (exact) mass is 432 g/mol. The molecule has 0 saturated carbocycles. The Morgan fingerprint density at radius 3 is 1.62 bits per heavy atom. The van der Waals surface area contributed by atoms with Crippen LogP contribution in [0, 0.1) is 0 Å². The van der Waals surface area contributed by atoms with Gasteiger partial charge in [-0.05, 0) is 32.1 Å². The highest BCUT2D eigenvalue weighted by molar-refractivity contribution is 7.86. The van der Waals surface area contributed by atoms with Gasteiger partial charge in [0.25, 0.3) is 10.1 Å². The van der Waals surface area contributed by atoms with Crippen LogP contribution in [-0.2, 0) is 10.1 Å². The second-order valence-electron chi connectivity index (χ2n) is 9.81. The van der Waals surface area contributed by atoms with Crippen molar-refractivity contribution in [3.63, 3.8) is 0 Å². The van der Waals surface area contributed by atoms with Gasteiger partial charge in [0, 0.05) is 6.42 Å². The molecule has 1 aliphatic rings. The molecule has 0 aromatic rings. The number of hydrogen-bond acceptors (Lipinski definition) is 2. The van der Waals surface area contributed by atoms with E-state index >= 15 is 0 Å². The highest BCUT2D eigenvalue weighted by Crippen LogP contribution is 2.21. The molecule has 0 aliphatic carbocycles. The molecule has 1 N–H and O–H groups in total. The first-order chi connectivity index (χ1) is 13.9. The molecule has 4 nitrogen and oxygen atoms in total. The van der Waals surface area contributed by atoms with E-state index in [-0.39, 0.29) is 0 Å². The molecular formula is C24H50NO3S+. The number of quaternary nitrogens is 1. The van der Waals surface area contributed by atoms with Gasteiger partial charge in [-0.25, -0.2) is 0 Å². The number of rotatable bonds is 17. The van der Waals surface area contributed by atoms with Gasteiger partial charge in [0.15, 0.2) is 0 Å². The number of unbranched alkanes of at least 4 members (excludes halogenated alkanes) is 11. The summed E-state index contributed by atoms with van der Waals surface area (Å²) in [6.45, 7) is 5.44. The molecule has 0 aromatic carbocycles. The fourth-order valence-corrected chi connectivity index (χ4v) is 5.65. The highest BCUT2D eigenvalue weighted by atomic mass is 32.2. The van der Waals surface area contributed by atoms with Crippen molar-refractivity contribution in [2.75, 3.05) is 26.7 Å². The van der Waals surface area contributed by atoms with Crippen LogP contribution in [0.3, 0.4) is 0 Å². The molecule has 0 amide bonds. The summed E-state index contributed by atoms with van der Waals surface area (Å²) in [7, 11) is -1.67. The minimum atomic E-state index is -3.93. The van der Waals surface area contributed by atoms with Crippen LogP contribution in [0.4, 0.5) is 0 Å². The Bertz CT molecular complexity index is 484. The summed E-state index contributed by atoms with van der Waals surface area (Å²) in [5.74, 6) is 0. The van der Waals surface area contributed by atoms with Crippen LogP contribution in [0.15, 0.2) is 0 Å². The first kappa shape index (κ1) is 26.9. The second-order valence-corrected chi connectivity index (χ2v) is 11.5. The van der Waals surface area contributed by atoms with Crippen LogP contribution >= 0.6 is 0 Å². The van der Waals surface area contributed by atoms with Crippen molar-refractivity contribution >= 4 is 10.1 Å². The number of hydrogen-bond donors (Lipinski definition) is 1. The second kappa shape index (κ2) is 15.6. The predicted molar refractivity (Wildman–Crippen MR) is 125 cm³/mol. The van der Waals surface area contributed by atoms with Gasteiger partial charge in [0.05, 0.1) is 31.9 Å². The molecule has 1 rings (SSSR count). The van der Waals surface area contributed by atoms with E-state index in [0.717, 1.165) is 37.0 Å². The predicted octanol–water partition coefficient (Wildman–Crippen LogP) is 6.74.